The van der Waals surface area contributed by atoms with E-state index in [0.717, 1.165) is 11.1 Å². The molecule has 0 aromatic heterocycles. The molecule has 25 heavy (non-hydrogen) atoms. The van der Waals surface area contributed by atoms with E-state index in [9.17, 15) is 14.7 Å². The summed E-state index contributed by atoms with van der Waals surface area (Å²) in [6, 6.07) is 11.8. The Bertz CT molecular complexity index is 803. The van der Waals surface area contributed by atoms with Gasteiger partial charge >= 0.3 is 0 Å². The molecule has 2 N–H and O–H groups in total. The Hall–Kier alpha value is -2.93. The quantitative estimate of drug-likeness (QED) is 0.789. The summed E-state index contributed by atoms with van der Waals surface area (Å²) < 4.78 is 5.36. The van der Waals surface area contributed by atoms with E-state index in [1.54, 1.807) is 25.1 Å². The molecular weight excluding hydrogens is 340 g/mol. The number of aryl methyl sites for hydroxylation is 2. The second kappa shape index (κ2) is 8.25. The Balaban J connectivity index is 1.89. The maximum atomic E-state index is 11.9. The van der Waals surface area contributed by atoms with Crippen LogP contribution in [0.3, 0.4) is 0 Å². The van der Waals surface area contributed by atoms with Gasteiger partial charge in [-0.15, -0.1) is 0 Å². The molecule has 0 saturated carbocycles. The van der Waals surface area contributed by atoms with E-state index >= 15 is 0 Å². The lowest BCUT2D eigenvalue weighted by Crippen LogP contribution is -2.37. The summed E-state index contributed by atoms with van der Waals surface area (Å²) in [5.41, 5.74) is 2.37. The molecule has 0 radical (unpaired) electrons. The molecule has 0 aliphatic rings. The van der Waals surface area contributed by atoms with Gasteiger partial charge in [-0.05, 0) is 55.4 Å². The van der Waals surface area contributed by atoms with E-state index in [2.05, 4.69) is 10.6 Å². The molecule has 2 aromatic carbocycles. The number of thiocarbonyl (C=S) groups is 1. The Morgan fingerprint density at radius 1 is 1.12 bits per heavy atom. The van der Waals surface area contributed by atoms with Crippen molar-refractivity contribution >= 4 is 34.9 Å². The van der Waals surface area contributed by atoms with Crippen LogP contribution in [0, 0.1) is 13.8 Å². The highest BCUT2D eigenvalue weighted by Crippen LogP contribution is 2.16. The Labute approximate surface area is 150 Å². The van der Waals surface area contributed by atoms with Gasteiger partial charge in [0, 0.05) is 5.69 Å². The lowest BCUT2D eigenvalue weighted by atomic mass is 10.1. The minimum atomic E-state index is -1.29. The third-order valence-corrected chi connectivity index (χ3v) is 3.57. The topological polar surface area (TPSA) is 90.5 Å². The van der Waals surface area contributed by atoms with Crippen LogP contribution in [0.1, 0.15) is 21.5 Å². The maximum absolute atomic E-state index is 11.9. The van der Waals surface area contributed by atoms with Gasteiger partial charge in [-0.2, -0.15) is 0 Å². The molecule has 2 aromatic rings. The highest BCUT2D eigenvalue weighted by atomic mass is 32.1. The Morgan fingerprint density at radius 3 is 2.44 bits per heavy atom. The van der Waals surface area contributed by atoms with Crippen molar-refractivity contribution in [2.24, 2.45) is 0 Å². The standard InChI is InChI=1S/C18H18N2O4S/c1-11-3-7-14(8-4-11)24-10-16(21)20-18(25)19-15-9-13(17(22)23)6-5-12(15)2/h3-9H,10H2,1-2H3,(H,22,23)(H2,19,20,21,25)/p-1. The fourth-order valence-corrected chi connectivity index (χ4v) is 2.21. The van der Waals surface area contributed by atoms with Crippen LogP contribution in [-0.2, 0) is 4.79 Å². The molecular formula is C18H17N2O4S-. The number of benzene rings is 2. The third kappa shape index (κ3) is 5.58. The zero-order chi connectivity index (χ0) is 18.4. The van der Waals surface area contributed by atoms with E-state index < -0.39 is 11.9 Å². The molecule has 0 bridgehead atoms. The number of anilines is 1. The molecule has 6 nitrogen and oxygen atoms in total. The second-order valence-electron chi connectivity index (χ2n) is 5.42. The van der Waals surface area contributed by atoms with Gasteiger partial charge in [0.05, 0.1) is 5.97 Å². The minimum Gasteiger partial charge on any atom is -0.545 e. The molecule has 1 amide bonds. The monoisotopic (exact) mass is 357 g/mol. The predicted molar refractivity (Wildman–Crippen MR) is 96.5 cm³/mol. The first-order valence-electron chi connectivity index (χ1n) is 7.47. The van der Waals surface area contributed by atoms with E-state index in [1.165, 1.54) is 12.1 Å². The molecule has 0 fully saturated rings. The maximum Gasteiger partial charge on any atom is 0.264 e. The first-order chi connectivity index (χ1) is 11.8. The molecule has 0 unspecified atom stereocenters. The first kappa shape index (κ1) is 18.4. The van der Waals surface area contributed by atoms with E-state index in [1.807, 2.05) is 19.1 Å². The highest BCUT2D eigenvalue weighted by molar-refractivity contribution is 7.80. The number of amides is 1. The van der Waals surface area contributed by atoms with Crippen molar-refractivity contribution in [1.82, 2.24) is 5.32 Å². The van der Waals surface area contributed by atoms with E-state index in [0.29, 0.717) is 11.4 Å². The van der Waals surface area contributed by atoms with Crippen molar-refractivity contribution in [3.8, 4) is 5.75 Å². The average molecular weight is 357 g/mol. The summed E-state index contributed by atoms with van der Waals surface area (Å²) in [6.45, 7) is 3.55. The van der Waals surface area contributed by atoms with Crippen LogP contribution < -0.4 is 20.5 Å². The van der Waals surface area contributed by atoms with Gasteiger partial charge < -0.3 is 20.0 Å². The number of hydrogen-bond acceptors (Lipinski definition) is 5. The van der Waals surface area contributed by atoms with E-state index in [4.69, 9.17) is 17.0 Å². The predicted octanol–water partition coefficient (Wildman–Crippen LogP) is 1.56. The summed E-state index contributed by atoms with van der Waals surface area (Å²) in [4.78, 5) is 22.8. The average Bonchev–Trinajstić information content (AvgIpc) is 2.56. The summed E-state index contributed by atoms with van der Waals surface area (Å²) in [5, 5.41) is 16.2. The van der Waals surface area contributed by atoms with Gasteiger partial charge in [0.1, 0.15) is 5.75 Å². The first-order valence-corrected chi connectivity index (χ1v) is 7.88. The molecule has 0 aliphatic carbocycles. The number of carboxylic acid groups (broad SMARTS) is 1. The SMILES string of the molecule is Cc1ccc(OCC(=O)NC(=S)Nc2cc(C(=O)[O-])ccc2C)cc1. The van der Waals surface area contributed by atoms with Crippen LogP contribution in [0.4, 0.5) is 5.69 Å². The van der Waals surface area contributed by atoms with Crippen LogP contribution in [0.25, 0.3) is 0 Å². The van der Waals surface area contributed by atoms with Crippen molar-refractivity contribution < 1.29 is 19.4 Å². The Kier molecular flexibility index (Phi) is 6.08. The van der Waals surface area contributed by atoms with Gasteiger partial charge in [0.25, 0.3) is 5.91 Å². The van der Waals surface area contributed by atoms with Gasteiger partial charge in [-0.1, -0.05) is 29.8 Å². The number of carbonyl (C=O) groups is 2. The molecule has 0 aliphatic heterocycles. The fourth-order valence-electron chi connectivity index (χ4n) is 1.98. The normalized spacial score (nSPS) is 10.0. The van der Waals surface area contributed by atoms with Crippen molar-refractivity contribution in [3.63, 3.8) is 0 Å². The van der Waals surface area contributed by atoms with Crippen molar-refractivity contribution in [1.29, 1.82) is 0 Å². The van der Waals surface area contributed by atoms with Crippen molar-refractivity contribution in [2.45, 2.75) is 13.8 Å². The van der Waals surface area contributed by atoms with Crippen LogP contribution in [-0.4, -0.2) is 23.6 Å². The van der Waals surface area contributed by atoms with Crippen LogP contribution in [0.15, 0.2) is 42.5 Å². The molecule has 0 atom stereocenters. The van der Waals surface area contributed by atoms with Gasteiger partial charge in [-0.3, -0.25) is 10.1 Å². The van der Waals surface area contributed by atoms with E-state index in [-0.39, 0.29) is 17.3 Å². The molecule has 0 heterocycles. The number of ether oxygens (including phenoxy) is 1. The third-order valence-electron chi connectivity index (χ3n) is 3.37. The highest BCUT2D eigenvalue weighted by Gasteiger charge is 2.08. The van der Waals surface area contributed by atoms with Gasteiger partial charge in [0.15, 0.2) is 11.7 Å². The molecule has 0 spiro atoms. The van der Waals surface area contributed by atoms with Crippen LogP contribution in [0.5, 0.6) is 5.75 Å². The largest absolute Gasteiger partial charge is 0.545 e. The number of carbonyl (C=O) groups excluding carboxylic acids is 2. The number of nitrogens with one attached hydrogen (secondary N) is 2. The zero-order valence-electron chi connectivity index (χ0n) is 13.8. The number of hydrogen-bond donors (Lipinski definition) is 2. The lowest BCUT2D eigenvalue weighted by molar-refractivity contribution is -0.255. The summed E-state index contributed by atoms with van der Waals surface area (Å²) in [7, 11) is 0. The summed E-state index contributed by atoms with van der Waals surface area (Å²) in [6.07, 6.45) is 0. The summed E-state index contributed by atoms with van der Waals surface area (Å²) in [5.74, 6) is -1.13. The molecule has 2 rings (SSSR count). The molecule has 7 heteroatoms. The van der Waals surface area contributed by atoms with Gasteiger partial charge in [-0.25, -0.2) is 0 Å². The molecule has 0 saturated heterocycles. The number of carboxylic acids is 1. The number of aromatic carboxylic acids is 1. The smallest absolute Gasteiger partial charge is 0.264 e. The Morgan fingerprint density at radius 2 is 1.80 bits per heavy atom. The molecule has 130 valence electrons. The number of rotatable bonds is 5. The zero-order valence-corrected chi connectivity index (χ0v) is 14.6. The second-order valence-corrected chi connectivity index (χ2v) is 5.83. The fraction of sp³-hybridized carbons (Fsp3) is 0.167. The summed E-state index contributed by atoms with van der Waals surface area (Å²) >= 11 is 5.07. The van der Waals surface area contributed by atoms with Crippen molar-refractivity contribution in [2.75, 3.05) is 11.9 Å². The van der Waals surface area contributed by atoms with Crippen molar-refractivity contribution in [3.05, 3.63) is 59.2 Å². The van der Waals surface area contributed by atoms with Gasteiger partial charge in [0.2, 0.25) is 0 Å². The van der Waals surface area contributed by atoms with Crippen LogP contribution >= 0.6 is 12.2 Å². The minimum absolute atomic E-state index is 0.0185. The van der Waals surface area contributed by atoms with Crippen LogP contribution in [0.2, 0.25) is 0 Å². The lowest BCUT2D eigenvalue weighted by Gasteiger charge is -2.14.